The van der Waals surface area contributed by atoms with Crippen molar-refractivity contribution in [3.05, 3.63) is 35.9 Å². The third kappa shape index (κ3) is 2.93. The summed E-state index contributed by atoms with van der Waals surface area (Å²) in [7, 11) is 1.68. The highest BCUT2D eigenvalue weighted by atomic mass is 16.6. The summed E-state index contributed by atoms with van der Waals surface area (Å²) in [6.45, 7) is 2.49. The van der Waals surface area contributed by atoms with Gasteiger partial charge in [-0.1, -0.05) is 30.3 Å². The summed E-state index contributed by atoms with van der Waals surface area (Å²) in [6, 6.07) is 8.87. The van der Waals surface area contributed by atoms with E-state index in [0.717, 1.165) is 5.56 Å². The van der Waals surface area contributed by atoms with Crippen LogP contribution in [0.4, 0.5) is 4.79 Å². The molecule has 1 aromatic rings. The Bertz CT molecular complexity index is 648. The number of nitrogens with zero attached hydrogens (tertiary/aromatic N) is 3. The first-order chi connectivity index (χ1) is 11.5. The van der Waals surface area contributed by atoms with Crippen LogP contribution >= 0.6 is 0 Å². The number of piperazine rings is 1. The normalized spacial score (nSPS) is 24.0. The van der Waals surface area contributed by atoms with Gasteiger partial charge < -0.3 is 14.5 Å². The molecule has 2 fully saturated rings. The van der Waals surface area contributed by atoms with Crippen molar-refractivity contribution in [2.75, 3.05) is 20.1 Å². The minimum Gasteiger partial charge on any atom is -0.444 e. The lowest BCUT2D eigenvalue weighted by molar-refractivity contribution is -0.165. The van der Waals surface area contributed by atoms with E-state index in [1.807, 2.05) is 30.3 Å². The molecule has 0 bridgehead atoms. The number of ether oxygens (including phenoxy) is 1. The SMILES string of the molecule is C[C@H]1C(=O)N(C)C[C@@H]2N(C(=O)OCc3ccccc3)CCC(=O)N21. The van der Waals surface area contributed by atoms with Gasteiger partial charge in [-0.05, 0) is 12.5 Å². The predicted octanol–water partition coefficient (Wildman–Crippen LogP) is 1.04. The van der Waals surface area contributed by atoms with Gasteiger partial charge in [0, 0.05) is 20.0 Å². The zero-order chi connectivity index (χ0) is 17.3. The summed E-state index contributed by atoms with van der Waals surface area (Å²) < 4.78 is 5.39. The van der Waals surface area contributed by atoms with E-state index in [9.17, 15) is 14.4 Å². The third-order valence-electron chi connectivity index (χ3n) is 4.56. The fraction of sp³-hybridized carbons (Fsp3) is 0.471. The van der Waals surface area contributed by atoms with Crippen LogP contribution in [0.5, 0.6) is 0 Å². The first-order valence-electron chi connectivity index (χ1n) is 8.02. The molecule has 0 N–H and O–H groups in total. The van der Waals surface area contributed by atoms with Crippen LogP contribution in [0, 0.1) is 0 Å². The first kappa shape index (κ1) is 16.3. The van der Waals surface area contributed by atoms with Crippen LogP contribution < -0.4 is 0 Å². The van der Waals surface area contributed by atoms with Gasteiger partial charge in [-0.15, -0.1) is 0 Å². The second-order valence-electron chi connectivity index (χ2n) is 6.16. The smallest absolute Gasteiger partial charge is 0.411 e. The van der Waals surface area contributed by atoms with Crippen LogP contribution in [0.3, 0.4) is 0 Å². The van der Waals surface area contributed by atoms with Gasteiger partial charge in [-0.3, -0.25) is 14.5 Å². The van der Waals surface area contributed by atoms with Gasteiger partial charge in [0.2, 0.25) is 11.8 Å². The molecule has 0 aromatic heterocycles. The maximum Gasteiger partial charge on any atom is 0.411 e. The lowest BCUT2D eigenvalue weighted by atomic mass is 10.1. The van der Waals surface area contributed by atoms with Crippen LogP contribution in [0.15, 0.2) is 30.3 Å². The molecular weight excluding hydrogens is 310 g/mol. The summed E-state index contributed by atoms with van der Waals surface area (Å²) in [4.78, 5) is 41.4. The number of benzene rings is 1. The minimum absolute atomic E-state index is 0.0962. The Kier molecular flexibility index (Phi) is 4.42. The van der Waals surface area contributed by atoms with Crippen molar-refractivity contribution in [1.29, 1.82) is 0 Å². The summed E-state index contributed by atoms with van der Waals surface area (Å²) in [5.41, 5.74) is 0.903. The Morgan fingerprint density at radius 2 is 1.96 bits per heavy atom. The molecule has 2 atom stereocenters. The molecular formula is C17H21N3O4. The Morgan fingerprint density at radius 1 is 1.25 bits per heavy atom. The highest BCUT2D eigenvalue weighted by Crippen LogP contribution is 2.25. The Hall–Kier alpha value is -2.57. The van der Waals surface area contributed by atoms with E-state index >= 15 is 0 Å². The number of carbonyl (C=O) groups is 3. The molecule has 0 spiro atoms. The molecule has 0 radical (unpaired) electrons. The Balaban J connectivity index is 1.71. The Labute approximate surface area is 140 Å². The van der Waals surface area contributed by atoms with E-state index in [1.54, 1.807) is 23.8 Å². The second-order valence-corrected chi connectivity index (χ2v) is 6.16. The predicted molar refractivity (Wildman–Crippen MR) is 85.7 cm³/mol. The van der Waals surface area contributed by atoms with Gasteiger partial charge in [0.05, 0.1) is 6.54 Å². The molecule has 0 aliphatic carbocycles. The number of amides is 3. The highest BCUT2D eigenvalue weighted by Gasteiger charge is 2.46. The van der Waals surface area contributed by atoms with Crippen molar-refractivity contribution in [3.8, 4) is 0 Å². The van der Waals surface area contributed by atoms with Crippen LogP contribution in [0.2, 0.25) is 0 Å². The molecule has 3 amide bonds. The molecule has 7 heteroatoms. The fourth-order valence-corrected chi connectivity index (χ4v) is 3.26. The standard InChI is InChI=1S/C17H21N3O4/c1-12-16(22)18(2)10-14-19(9-8-15(21)20(12)14)17(23)24-11-13-6-4-3-5-7-13/h3-7,12,14H,8-11H2,1-2H3/t12-,14+/m0/s1. The highest BCUT2D eigenvalue weighted by molar-refractivity contribution is 5.90. The quantitative estimate of drug-likeness (QED) is 0.812. The third-order valence-corrected chi connectivity index (χ3v) is 4.56. The van der Waals surface area contributed by atoms with Crippen molar-refractivity contribution in [2.45, 2.75) is 32.2 Å². The summed E-state index contributed by atoms with van der Waals surface area (Å²) in [6.07, 6.45) is -0.721. The van der Waals surface area contributed by atoms with Crippen molar-refractivity contribution >= 4 is 17.9 Å². The van der Waals surface area contributed by atoms with Crippen LogP contribution in [0.25, 0.3) is 0 Å². The van der Waals surface area contributed by atoms with E-state index in [1.165, 1.54) is 4.90 Å². The molecule has 128 valence electrons. The van der Waals surface area contributed by atoms with E-state index in [0.29, 0.717) is 13.1 Å². The van der Waals surface area contributed by atoms with E-state index in [-0.39, 0.29) is 24.8 Å². The molecule has 7 nitrogen and oxygen atoms in total. The molecule has 0 saturated carbocycles. The van der Waals surface area contributed by atoms with Crippen molar-refractivity contribution in [2.24, 2.45) is 0 Å². The van der Waals surface area contributed by atoms with Gasteiger partial charge in [0.25, 0.3) is 0 Å². The van der Waals surface area contributed by atoms with Crippen LogP contribution in [-0.4, -0.2) is 65.0 Å². The molecule has 3 rings (SSSR count). The maximum absolute atomic E-state index is 12.5. The van der Waals surface area contributed by atoms with E-state index < -0.39 is 18.3 Å². The zero-order valence-electron chi connectivity index (χ0n) is 13.8. The topological polar surface area (TPSA) is 70.2 Å². The minimum atomic E-state index is -0.564. The molecule has 2 aliphatic heterocycles. The lowest BCUT2D eigenvalue weighted by Crippen LogP contribution is -2.70. The number of hydrogen-bond acceptors (Lipinski definition) is 4. The monoisotopic (exact) mass is 331 g/mol. The number of fused-ring (bicyclic) bond motifs is 1. The number of carbonyl (C=O) groups excluding carboxylic acids is 3. The van der Waals surface area contributed by atoms with Crippen molar-refractivity contribution in [1.82, 2.24) is 14.7 Å². The van der Waals surface area contributed by atoms with Crippen LogP contribution in [0.1, 0.15) is 18.9 Å². The van der Waals surface area contributed by atoms with Gasteiger partial charge in [0.15, 0.2) is 0 Å². The van der Waals surface area contributed by atoms with Gasteiger partial charge in [-0.25, -0.2) is 4.79 Å². The maximum atomic E-state index is 12.5. The Morgan fingerprint density at radius 3 is 2.67 bits per heavy atom. The van der Waals surface area contributed by atoms with Gasteiger partial charge >= 0.3 is 6.09 Å². The molecule has 24 heavy (non-hydrogen) atoms. The second kappa shape index (κ2) is 6.51. The zero-order valence-corrected chi connectivity index (χ0v) is 13.8. The number of likely N-dealkylation sites (N-methyl/N-ethyl adjacent to an activating group) is 1. The van der Waals surface area contributed by atoms with Crippen molar-refractivity contribution < 1.29 is 19.1 Å². The summed E-state index contributed by atoms with van der Waals surface area (Å²) >= 11 is 0. The number of hydrogen-bond donors (Lipinski definition) is 0. The van der Waals surface area contributed by atoms with E-state index in [2.05, 4.69) is 0 Å². The molecule has 2 saturated heterocycles. The van der Waals surface area contributed by atoms with Gasteiger partial charge in [-0.2, -0.15) is 0 Å². The molecule has 1 aromatic carbocycles. The molecule has 2 aliphatic rings. The van der Waals surface area contributed by atoms with Gasteiger partial charge in [0.1, 0.15) is 18.8 Å². The largest absolute Gasteiger partial charge is 0.444 e. The average Bonchev–Trinajstić information content (AvgIpc) is 2.58. The van der Waals surface area contributed by atoms with E-state index in [4.69, 9.17) is 4.74 Å². The van der Waals surface area contributed by atoms with Crippen molar-refractivity contribution in [3.63, 3.8) is 0 Å². The number of rotatable bonds is 2. The molecule has 0 unspecified atom stereocenters. The summed E-state index contributed by atoms with van der Waals surface area (Å²) in [5.74, 6) is -0.208. The summed E-state index contributed by atoms with van der Waals surface area (Å²) in [5, 5.41) is 0. The first-order valence-corrected chi connectivity index (χ1v) is 8.02. The average molecular weight is 331 g/mol. The lowest BCUT2D eigenvalue weighted by Gasteiger charge is -2.50. The van der Waals surface area contributed by atoms with Crippen LogP contribution in [-0.2, 0) is 20.9 Å². The fourth-order valence-electron chi connectivity index (χ4n) is 3.26. The molecule has 2 heterocycles.